The first-order valence-electron chi connectivity index (χ1n) is 10.3. The minimum Gasteiger partial charge on any atom is -0.360 e. The molecule has 0 unspecified atom stereocenters. The largest absolute Gasteiger partial charge is 0.360 e. The second kappa shape index (κ2) is 7.94. The van der Waals surface area contributed by atoms with Crippen molar-refractivity contribution in [3.8, 4) is 0 Å². The number of fused-ring (bicyclic) bond motifs is 6. The van der Waals surface area contributed by atoms with E-state index in [1.165, 1.54) is 18.2 Å². The molecule has 0 spiro atoms. The molecule has 0 saturated carbocycles. The fourth-order valence-electron chi connectivity index (χ4n) is 4.49. The zero-order valence-corrected chi connectivity index (χ0v) is 19.4. The van der Waals surface area contributed by atoms with Gasteiger partial charge in [0.15, 0.2) is 5.03 Å². The summed E-state index contributed by atoms with van der Waals surface area (Å²) in [5.74, 6) is 0.621. The van der Waals surface area contributed by atoms with Crippen molar-refractivity contribution in [2.75, 3.05) is 29.9 Å². The van der Waals surface area contributed by atoms with Crippen LogP contribution in [0.15, 0.2) is 35.4 Å². The molecule has 4 heterocycles. The van der Waals surface area contributed by atoms with E-state index in [1.54, 1.807) is 12.1 Å². The van der Waals surface area contributed by atoms with Crippen LogP contribution in [-0.2, 0) is 10.0 Å². The van der Waals surface area contributed by atoms with Crippen LogP contribution in [0.2, 0.25) is 5.15 Å². The molecule has 1 saturated heterocycles. The predicted molar refractivity (Wildman–Crippen MR) is 120 cm³/mol. The number of pyridine rings is 2. The van der Waals surface area contributed by atoms with Crippen molar-refractivity contribution < 1.29 is 13.2 Å². The van der Waals surface area contributed by atoms with Gasteiger partial charge in [-0.1, -0.05) is 17.7 Å². The van der Waals surface area contributed by atoms with Gasteiger partial charge >= 0.3 is 0 Å². The van der Waals surface area contributed by atoms with E-state index < -0.39 is 15.9 Å². The van der Waals surface area contributed by atoms with E-state index in [1.807, 2.05) is 11.9 Å². The molecule has 2 aromatic rings. The molecule has 2 aliphatic rings. The summed E-state index contributed by atoms with van der Waals surface area (Å²) in [6.45, 7) is 5.69. The summed E-state index contributed by atoms with van der Waals surface area (Å²) >= 11 is 6.16. The fourth-order valence-corrected chi connectivity index (χ4v) is 5.56. The standard InChI is InChI=1S/C21H26ClN5O3S/c1-21(2)12-14-6-5-11-26(3)17-7-4-8-18(24-17)31(29,30)25-20(28)15-9-10-16(22)23-19(15)27(21)13-14/h4,7-10,14H,5-6,11-13H2,1-3H3,(H,25,28)/t14-/m0/s1. The number of carbonyl (C=O) groups excluding carboxylic acids is 1. The number of amides is 1. The second-order valence-corrected chi connectivity index (χ2v) is 10.8. The Morgan fingerprint density at radius 2 is 1.97 bits per heavy atom. The highest BCUT2D eigenvalue weighted by atomic mass is 35.5. The van der Waals surface area contributed by atoms with Gasteiger partial charge in [0, 0.05) is 25.7 Å². The Morgan fingerprint density at radius 1 is 1.19 bits per heavy atom. The molecule has 10 heteroatoms. The number of carbonyl (C=O) groups is 1. The number of nitrogens with one attached hydrogen (secondary N) is 1. The van der Waals surface area contributed by atoms with Crippen molar-refractivity contribution >= 4 is 39.2 Å². The smallest absolute Gasteiger partial charge is 0.281 e. The number of sulfonamides is 1. The van der Waals surface area contributed by atoms with Crippen molar-refractivity contribution in [2.24, 2.45) is 5.92 Å². The lowest BCUT2D eigenvalue weighted by atomic mass is 9.93. The minimum atomic E-state index is -4.16. The molecule has 4 bridgehead atoms. The van der Waals surface area contributed by atoms with Gasteiger partial charge in [0.05, 0.1) is 5.56 Å². The Hall–Kier alpha value is -2.39. The maximum Gasteiger partial charge on any atom is 0.281 e. The van der Waals surface area contributed by atoms with Crippen molar-refractivity contribution in [1.29, 1.82) is 0 Å². The van der Waals surface area contributed by atoms with E-state index >= 15 is 0 Å². The average Bonchev–Trinajstić information content (AvgIpc) is 3.00. The van der Waals surface area contributed by atoms with E-state index in [0.29, 0.717) is 17.6 Å². The fraction of sp³-hybridized carbons (Fsp3) is 0.476. The minimum absolute atomic E-state index is 0.171. The van der Waals surface area contributed by atoms with Gasteiger partial charge in [0.1, 0.15) is 16.8 Å². The van der Waals surface area contributed by atoms with Crippen LogP contribution in [0, 0.1) is 5.92 Å². The normalized spacial score (nSPS) is 22.8. The number of hydrogen-bond donors (Lipinski definition) is 1. The summed E-state index contributed by atoms with van der Waals surface area (Å²) in [7, 11) is -2.27. The third kappa shape index (κ3) is 4.34. The molecule has 1 N–H and O–H groups in total. The Bertz CT molecular complexity index is 1120. The molecular weight excluding hydrogens is 438 g/mol. The van der Waals surface area contributed by atoms with Gasteiger partial charge in [-0.2, -0.15) is 8.42 Å². The molecule has 166 valence electrons. The van der Waals surface area contributed by atoms with Crippen LogP contribution in [0.5, 0.6) is 0 Å². The van der Waals surface area contributed by atoms with Gasteiger partial charge in [-0.25, -0.2) is 14.7 Å². The van der Waals surface area contributed by atoms with Crippen LogP contribution in [-0.4, -0.2) is 50.0 Å². The average molecular weight is 464 g/mol. The van der Waals surface area contributed by atoms with Crippen LogP contribution in [0.3, 0.4) is 0 Å². The van der Waals surface area contributed by atoms with E-state index in [0.717, 1.165) is 32.4 Å². The maximum atomic E-state index is 13.1. The lowest BCUT2D eigenvalue weighted by Crippen LogP contribution is -2.41. The summed E-state index contributed by atoms with van der Waals surface area (Å²) in [6.07, 6.45) is 2.89. The van der Waals surface area contributed by atoms with Gasteiger partial charge in [-0.05, 0) is 63.3 Å². The molecule has 0 radical (unpaired) electrons. The van der Waals surface area contributed by atoms with Crippen LogP contribution in [0.4, 0.5) is 11.6 Å². The molecule has 0 aromatic carbocycles. The van der Waals surface area contributed by atoms with Gasteiger partial charge in [-0.3, -0.25) is 4.79 Å². The van der Waals surface area contributed by atoms with Crippen LogP contribution >= 0.6 is 11.6 Å². The number of aromatic nitrogens is 2. The topological polar surface area (TPSA) is 95.5 Å². The Kier molecular flexibility index (Phi) is 5.59. The first-order valence-corrected chi connectivity index (χ1v) is 12.1. The number of anilines is 2. The molecule has 2 aliphatic heterocycles. The lowest BCUT2D eigenvalue weighted by Gasteiger charge is -2.33. The number of nitrogens with zero attached hydrogens (tertiary/aromatic N) is 4. The van der Waals surface area contributed by atoms with Gasteiger partial charge < -0.3 is 9.80 Å². The highest BCUT2D eigenvalue weighted by Crippen LogP contribution is 2.39. The van der Waals surface area contributed by atoms with E-state index in [4.69, 9.17) is 11.6 Å². The van der Waals surface area contributed by atoms with Crippen LogP contribution in [0.25, 0.3) is 0 Å². The molecule has 1 fully saturated rings. The Balaban J connectivity index is 1.82. The third-order valence-corrected chi connectivity index (χ3v) is 7.45. The SMILES string of the molecule is CN1CCC[C@@H]2CN(c3nc(Cl)ccc3C(=O)NS(=O)(=O)c3cccc1n3)C(C)(C)C2. The summed E-state index contributed by atoms with van der Waals surface area (Å²) in [5.41, 5.74) is -0.0738. The number of rotatable bonds is 0. The van der Waals surface area contributed by atoms with Gasteiger partial charge in [-0.15, -0.1) is 0 Å². The molecule has 4 rings (SSSR count). The van der Waals surface area contributed by atoms with E-state index in [-0.39, 0.29) is 21.3 Å². The van der Waals surface area contributed by atoms with Crippen LogP contribution in [0.1, 0.15) is 43.5 Å². The zero-order valence-electron chi connectivity index (χ0n) is 17.8. The zero-order chi connectivity index (χ0) is 22.4. The Labute approximate surface area is 187 Å². The summed E-state index contributed by atoms with van der Waals surface area (Å²) in [6, 6.07) is 7.78. The third-order valence-electron chi connectivity index (χ3n) is 6.01. The number of halogens is 1. The molecule has 31 heavy (non-hydrogen) atoms. The molecule has 1 amide bonds. The van der Waals surface area contributed by atoms with Crippen LogP contribution < -0.4 is 14.5 Å². The summed E-state index contributed by atoms with van der Waals surface area (Å²) in [5, 5.41) is 0.0493. The number of hydrogen-bond acceptors (Lipinski definition) is 7. The molecule has 2 aromatic heterocycles. The molecule has 8 nitrogen and oxygen atoms in total. The van der Waals surface area contributed by atoms with Gasteiger partial charge in [0.25, 0.3) is 15.9 Å². The van der Waals surface area contributed by atoms with Crippen molar-refractivity contribution in [1.82, 2.24) is 14.7 Å². The first-order chi connectivity index (χ1) is 14.6. The first kappa shape index (κ1) is 21.8. The highest BCUT2D eigenvalue weighted by molar-refractivity contribution is 7.90. The van der Waals surface area contributed by atoms with Crippen molar-refractivity contribution in [3.05, 3.63) is 41.0 Å². The van der Waals surface area contributed by atoms with Gasteiger partial charge in [0.2, 0.25) is 0 Å². The molecule has 0 aliphatic carbocycles. The van der Waals surface area contributed by atoms with Crippen molar-refractivity contribution in [2.45, 2.75) is 43.7 Å². The summed E-state index contributed by atoms with van der Waals surface area (Å²) in [4.78, 5) is 25.8. The van der Waals surface area contributed by atoms with E-state index in [9.17, 15) is 13.2 Å². The molecule has 1 atom stereocenters. The lowest BCUT2D eigenvalue weighted by molar-refractivity contribution is 0.0981. The predicted octanol–water partition coefficient (Wildman–Crippen LogP) is 3.08. The monoisotopic (exact) mass is 463 g/mol. The quantitative estimate of drug-likeness (QED) is 0.600. The van der Waals surface area contributed by atoms with E-state index in [2.05, 4.69) is 33.4 Å². The second-order valence-electron chi connectivity index (χ2n) is 8.83. The van der Waals surface area contributed by atoms with Crippen molar-refractivity contribution in [3.63, 3.8) is 0 Å². The summed E-state index contributed by atoms with van der Waals surface area (Å²) < 4.78 is 28.0. The Morgan fingerprint density at radius 3 is 2.74 bits per heavy atom. The maximum absolute atomic E-state index is 13.1. The highest BCUT2D eigenvalue weighted by Gasteiger charge is 2.40. The molecular formula is C21H26ClN5O3S.